The van der Waals surface area contributed by atoms with Crippen LogP contribution in [0.2, 0.25) is 0 Å². The molecule has 0 saturated heterocycles. The summed E-state index contributed by atoms with van der Waals surface area (Å²) in [5, 5.41) is 5.66. The van der Waals surface area contributed by atoms with Crippen molar-refractivity contribution >= 4 is 28.1 Å². The minimum Gasteiger partial charge on any atom is -0.344 e. The van der Waals surface area contributed by atoms with Gasteiger partial charge in [0.25, 0.3) is 5.56 Å². The first-order valence-corrected chi connectivity index (χ1v) is 9.92. The number of carbonyl (C=O) groups excluding carboxylic acids is 1. The van der Waals surface area contributed by atoms with Crippen molar-refractivity contribution in [2.45, 2.75) is 19.0 Å². The Morgan fingerprint density at radius 1 is 1.04 bits per heavy atom. The zero-order valence-electron chi connectivity index (χ0n) is 15.1. The number of benzene rings is 2. The third-order valence-corrected chi connectivity index (χ3v) is 5.51. The first-order chi connectivity index (χ1) is 13.7. The number of aryl methyl sites for hydroxylation is 1. The highest BCUT2D eigenvalue weighted by atomic mass is 32.1. The molecule has 0 aliphatic heterocycles. The number of hydrogen-bond donors (Lipinski definition) is 1. The molecule has 2 aromatic carbocycles. The maximum Gasteiger partial charge on any atom is 0.261 e. The largest absolute Gasteiger partial charge is 0.344 e. The standard InChI is InChI=1S/C22H19N3O2S/c26-20(12-13-25-15-23-18-10-5-4-9-17(18)22(25)27)24-21(19-11-6-14-28-19)16-7-2-1-3-8-16/h1-11,14-15,21H,12-13H2,(H,24,26). The van der Waals surface area contributed by atoms with Crippen molar-refractivity contribution in [1.29, 1.82) is 0 Å². The number of hydrogen-bond acceptors (Lipinski definition) is 4. The van der Waals surface area contributed by atoms with Gasteiger partial charge in [-0.05, 0) is 29.1 Å². The molecule has 1 unspecified atom stereocenters. The molecule has 0 aliphatic carbocycles. The summed E-state index contributed by atoms with van der Waals surface area (Å²) in [4.78, 5) is 30.6. The third kappa shape index (κ3) is 3.87. The van der Waals surface area contributed by atoms with Crippen LogP contribution in [0.1, 0.15) is 22.9 Å². The summed E-state index contributed by atoms with van der Waals surface area (Å²) in [5.41, 5.74) is 1.56. The van der Waals surface area contributed by atoms with Crippen LogP contribution in [-0.4, -0.2) is 15.5 Å². The molecule has 6 heteroatoms. The van der Waals surface area contributed by atoms with Gasteiger partial charge in [0.15, 0.2) is 0 Å². The van der Waals surface area contributed by atoms with Gasteiger partial charge in [-0.2, -0.15) is 0 Å². The molecule has 4 aromatic rings. The zero-order chi connectivity index (χ0) is 19.3. The van der Waals surface area contributed by atoms with Gasteiger partial charge >= 0.3 is 0 Å². The van der Waals surface area contributed by atoms with E-state index < -0.39 is 0 Å². The van der Waals surface area contributed by atoms with E-state index in [-0.39, 0.29) is 30.5 Å². The van der Waals surface area contributed by atoms with E-state index in [9.17, 15) is 9.59 Å². The molecule has 0 saturated carbocycles. The van der Waals surface area contributed by atoms with Crippen LogP contribution in [0.15, 0.2) is 83.2 Å². The predicted octanol–water partition coefficient (Wildman–Crippen LogP) is 3.75. The molecule has 140 valence electrons. The number of nitrogens with zero attached hydrogens (tertiary/aromatic N) is 2. The fraction of sp³-hybridized carbons (Fsp3) is 0.136. The summed E-state index contributed by atoms with van der Waals surface area (Å²) in [6, 6.07) is 20.9. The van der Waals surface area contributed by atoms with E-state index in [1.807, 2.05) is 60.0 Å². The molecule has 0 aliphatic rings. The molecule has 2 aromatic heterocycles. The Hall–Kier alpha value is -3.25. The van der Waals surface area contributed by atoms with Crippen molar-refractivity contribution in [3.05, 3.63) is 99.2 Å². The molecule has 0 radical (unpaired) electrons. The molecule has 1 N–H and O–H groups in total. The highest BCUT2D eigenvalue weighted by Crippen LogP contribution is 2.26. The van der Waals surface area contributed by atoms with Crippen LogP contribution in [0.5, 0.6) is 0 Å². The molecule has 1 amide bonds. The topological polar surface area (TPSA) is 64.0 Å². The summed E-state index contributed by atoms with van der Waals surface area (Å²) in [6.45, 7) is 0.286. The normalized spacial score (nSPS) is 12.0. The maximum absolute atomic E-state index is 12.6. The van der Waals surface area contributed by atoms with E-state index in [0.29, 0.717) is 10.9 Å². The smallest absolute Gasteiger partial charge is 0.261 e. The lowest BCUT2D eigenvalue weighted by Gasteiger charge is -2.18. The van der Waals surface area contributed by atoms with E-state index in [2.05, 4.69) is 10.3 Å². The molecule has 2 heterocycles. The molecule has 5 nitrogen and oxygen atoms in total. The Kier molecular flexibility index (Phi) is 5.30. The van der Waals surface area contributed by atoms with Crippen LogP contribution >= 0.6 is 11.3 Å². The molecule has 0 spiro atoms. The summed E-state index contributed by atoms with van der Waals surface area (Å²) < 4.78 is 1.49. The summed E-state index contributed by atoms with van der Waals surface area (Å²) >= 11 is 1.61. The Bertz CT molecular complexity index is 1140. The zero-order valence-corrected chi connectivity index (χ0v) is 15.9. The fourth-order valence-corrected chi connectivity index (χ4v) is 3.94. The van der Waals surface area contributed by atoms with Crippen LogP contribution in [0.3, 0.4) is 0 Å². The van der Waals surface area contributed by atoms with E-state index in [0.717, 1.165) is 10.4 Å². The Morgan fingerprint density at radius 3 is 2.61 bits per heavy atom. The number of amides is 1. The van der Waals surface area contributed by atoms with Gasteiger partial charge in [-0.25, -0.2) is 4.98 Å². The van der Waals surface area contributed by atoms with Gasteiger partial charge in [0.2, 0.25) is 5.91 Å². The number of nitrogens with one attached hydrogen (secondary N) is 1. The molecule has 28 heavy (non-hydrogen) atoms. The maximum atomic E-state index is 12.6. The van der Waals surface area contributed by atoms with Crippen LogP contribution in [0.4, 0.5) is 0 Å². The Labute approximate surface area is 166 Å². The van der Waals surface area contributed by atoms with Crippen molar-refractivity contribution in [2.24, 2.45) is 0 Å². The number of thiophene rings is 1. The lowest BCUT2D eigenvalue weighted by Crippen LogP contribution is -2.31. The minimum atomic E-state index is -0.194. The second kappa shape index (κ2) is 8.19. The molecular weight excluding hydrogens is 370 g/mol. The van der Waals surface area contributed by atoms with Gasteiger partial charge in [-0.1, -0.05) is 48.5 Å². The summed E-state index contributed by atoms with van der Waals surface area (Å²) in [5.74, 6) is -0.109. The van der Waals surface area contributed by atoms with E-state index in [4.69, 9.17) is 0 Å². The lowest BCUT2D eigenvalue weighted by atomic mass is 10.1. The number of aromatic nitrogens is 2. The quantitative estimate of drug-likeness (QED) is 0.546. The third-order valence-electron chi connectivity index (χ3n) is 4.58. The molecule has 1 atom stereocenters. The molecule has 0 bridgehead atoms. The van der Waals surface area contributed by atoms with Crippen molar-refractivity contribution < 1.29 is 4.79 Å². The number of para-hydroxylation sites is 1. The van der Waals surface area contributed by atoms with E-state index in [1.54, 1.807) is 23.5 Å². The first kappa shape index (κ1) is 18.1. The van der Waals surface area contributed by atoms with Gasteiger partial charge in [-0.15, -0.1) is 11.3 Å². The Morgan fingerprint density at radius 2 is 1.82 bits per heavy atom. The first-order valence-electron chi connectivity index (χ1n) is 9.04. The number of carbonyl (C=O) groups is 1. The highest BCUT2D eigenvalue weighted by Gasteiger charge is 2.17. The van der Waals surface area contributed by atoms with Gasteiger partial charge < -0.3 is 5.32 Å². The van der Waals surface area contributed by atoms with Crippen LogP contribution in [-0.2, 0) is 11.3 Å². The second-order valence-corrected chi connectivity index (χ2v) is 7.42. The SMILES string of the molecule is O=C(CCn1cnc2ccccc2c1=O)NC(c1ccccc1)c1cccs1. The van der Waals surface area contributed by atoms with Gasteiger partial charge in [0.1, 0.15) is 0 Å². The predicted molar refractivity (Wildman–Crippen MR) is 111 cm³/mol. The molecular formula is C22H19N3O2S. The number of rotatable bonds is 6. The summed E-state index contributed by atoms with van der Waals surface area (Å²) in [7, 11) is 0. The molecule has 0 fully saturated rings. The summed E-state index contributed by atoms with van der Waals surface area (Å²) in [6.07, 6.45) is 1.71. The fourth-order valence-electron chi connectivity index (χ4n) is 3.14. The average molecular weight is 389 g/mol. The van der Waals surface area contributed by atoms with Crippen molar-refractivity contribution in [1.82, 2.24) is 14.9 Å². The average Bonchev–Trinajstić information content (AvgIpc) is 3.27. The van der Waals surface area contributed by atoms with Gasteiger partial charge in [-0.3, -0.25) is 14.2 Å². The van der Waals surface area contributed by atoms with Crippen molar-refractivity contribution in [2.75, 3.05) is 0 Å². The van der Waals surface area contributed by atoms with Crippen LogP contribution in [0, 0.1) is 0 Å². The monoisotopic (exact) mass is 389 g/mol. The lowest BCUT2D eigenvalue weighted by molar-refractivity contribution is -0.121. The van der Waals surface area contributed by atoms with Gasteiger partial charge in [0.05, 0.1) is 23.3 Å². The van der Waals surface area contributed by atoms with E-state index >= 15 is 0 Å². The highest BCUT2D eigenvalue weighted by molar-refractivity contribution is 7.10. The number of fused-ring (bicyclic) bond motifs is 1. The Balaban J connectivity index is 1.49. The van der Waals surface area contributed by atoms with Crippen molar-refractivity contribution in [3.63, 3.8) is 0 Å². The minimum absolute atomic E-state index is 0.109. The van der Waals surface area contributed by atoms with Crippen LogP contribution in [0.25, 0.3) is 10.9 Å². The van der Waals surface area contributed by atoms with Crippen molar-refractivity contribution in [3.8, 4) is 0 Å². The van der Waals surface area contributed by atoms with Crippen LogP contribution < -0.4 is 10.9 Å². The second-order valence-electron chi connectivity index (χ2n) is 6.44. The van der Waals surface area contributed by atoms with E-state index in [1.165, 1.54) is 10.9 Å². The van der Waals surface area contributed by atoms with Gasteiger partial charge in [0, 0.05) is 17.8 Å². The molecule has 4 rings (SSSR count).